The third-order valence-corrected chi connectivity index (χ3v) is 4.85. The monoisotopic (exact) mass is 260 g/mol. The average molecular weight is 260 g/mol. The van der Waals surface area contributed by atoms with Crippen molar-refractivity contribution in [3.8, 4) is 0 Å². The summed E-state index contributed by atoms with van der Waals surface area (Å²) in [6, 6.07) is 0. The second-order valence-corrected chi connectivity index (χ2v) is 5.76. The number of hydrogen-bond donors (Lipinski definition) is 1. The molecule has 0 unspecified atom stereocenters. The third-order valence-electron chi connectivity index (χ3n) is 4.85. The van der Waals surface area contributed by atoms with Crippen LogP contribution in [-0.2, 0) is 4.79 Å². The van der Waals surface area contributed by atoms with E-state index in [0.717, 1.165) is 43.3 Å². The van der Waals surface area contributed by atoms with Crippen LogP contribution in [0.15, 0.2) is 36.0 Å². The molecule has 3 atom stereocenters. The molecule has 0 spiro atoms. The quantitative estimate of drug-likeness (QED) is 0.622. The fraction of sp³-hybridized carbons (Fsp3) is 0.588. The number of allylic oxidation sites excluding steroid dienone is 4. The van der Waals surface area contributed by atoms with Crippen molar-refractivity contribution in [2.45, 2.75) is 52.1 Å². The van der Waals surface area contributed by atoms with Crippen molar-refractivity contribution in [1.29, 1.82) is 0 Å². The van der Waals surface area contributed by atoms with Gasteiger partial charge in [-0.05, 0) is 49.7 Å². The molecule has 2 nitrogen and oxygen atoms in total. The number of fused-ring (bicyclic) bond motifs is 1. The Morgan fingerprint density at radius 2 is 2.32 bits per heavy atom. The maximum atomic E-state index is 12.3. The molecule has 2 heteroatoms. The minimum atomic E-state index is -0.367. The molecule has 0 amide bonds. The molecule has 19 heavy (non-hydrogen) atoms. The molecule has 0 saturated heterocycles. The highest BCUT2D eigenvalue weighted by Crippen LogP contribution is 2.54. The predicted molar refractivity (Wildman–Crippen MR) is 77.7 cm³/mol. The molecular formula is C17H24O2. The second kappa shape index (κ2) is 5.46. The molecule has 0 aromatic heterocycles. The number of carbonyl (C=O) groups excluding carboxylic acids is 1. The summed E-state index contributed by atoms with van der Waals surface area (Å²) in [6.45, 7) is 7.99. The van der Waals surface area contributed by atoms with Gasteiger partial charge in [-0.15, -0.1) is 6.58 Å². The molecule has 0 aromatic rings. The molecule has 1 N–H and O–H groups in total. The largest absolute Gasteiger partial charge is 0.392 e. The summed E-state index contributed by atoms with van der Waals surface area (Å²) in [5.74, 6) is 0.214. The van der Waals surface area contributed by atoms with Gasteiger partial charge in [-0.2, -0.15) is 0 Å². The van der Waals surface area contributed by atoms with Gasteiger partial charge < -0.3 is 5.11 Å². The van der Waals surface area contributed by atoms with E-state index in [4.69, 9.17) is 0 Å². The third kappa shape index (κ3) is 2.12. The first-order valence-corrected chi connectivity index (χ1v) is 7.32. The van der Waals surface area contributed by atoms with Crippen LogP contribution in [-0.4, -0.2) is 17.0 Å². The van der Waals surface area contributed by atoms with E-state index in [2.05, 4.69) is 13.5 Å². The van der Waals surface area contributed by atoms with Gasteiger partial charge in [-0.25, -0.2) is 0 Å². The molecular weight excluding hydrogens is 236 g/mol. The smallest absolute Gasteiger partial charge is 0.181 e. The summed E-state index contributed by atoms with van der Waals surface area (Å²) in [4.78, 5) is 12.3. The summed E-state index contributed by atoms with van der Waals surface area (Å²) in [6.07, 6.45) is 9.65. The van der Waals surface area contributed by atoms with Crippen LogP contribution in [0.25, 0.3) is 0 Å². The maximum Gasteiger partial charge on any atom is 0.181 e. The van der Waals surface area contributed by atoms with Crippen molar-refractivity contribution >= 4 is 5.78 Å². The van der Waals surface area contributed by atoms with E-state index in [1.165, 1.54) is 0 Å². The number of ketones is 1. The van der Waals surface area contributed by atoms with Gasteiger partial charge in [0.05, 0.1) is 6.10 Å². The fourth-order valence-corrected chi connectivity index (χ4v) is 3.88. The Balaban J connectivity index is 2.56. The van der Waals surface area contributed by atoms with E-state index in [1.54, 1.807) is 6.08 Å². The highest BCUT2D eigenvalue weighted by Gasteiger charge is 2.50. The van der Waals surface area contributed by atoms with E-state index in [9.17, 15) is 9.90 Å². The van der Waals surface area contributed by atoms with Crippen LogP contribution in [0, 0.1) is 11.3 Å². The molecule has 2 aliphatic rings. The summed E-state index contributed by atoms with van der Waals surface area (Å²) in [5.41, 5.74) is 1.71. The summed E-state index contributed by atoms with van der Waals surface area (Å²) in [5, 5.41) is 10.6. The van der Waals surface area contributed by atoms with E-state index in [1.807, 2.05) is 19.1 Å². The molecule has 0 radical (unpaired) electrons. The van der Waals surface area contributed by atoms with Crippen LogP contribution in [0.3, 0.4) is 0 Å². The lowest BCUT2D eigenvalue weighted by Crippen LogP contribution is -2.48. The summed E-state index contributed by atoms with van der Waals surface area (Å²) < 4.78 is 0. The van der Waals surface area contributed by atoms with Crippen LogP contribution < -0.4 is 0 Å². The molecule has 104 valence electrons. The Hall–Kier alpha value is -1.15. The van der Waals surface area contributed by atoms with Crippen molar-refractivity contribution in [2.75, 3.05) is 0 Å². The molecule has 2 aliphatic carbocycles. The molecule has 0 aliphatic heterocycles. The summed E-state index contributed by atoms with van der Waals surface area (Å²) in [7, 11) is 0. The Morgan fingerprint density at radius 3 is 2.95 bits per heavy atom. The number of aliphatic hydroxyl groups excluding tert-OH is 1. The van der Waals surface area contributed by atoms with Crippen LogP contribution in [0.5, 0.6) is 0 Å². The first kappa shape index (κ1) is 14.3. The zero-order chi connectivity index (χ0) is 14.0. The number of rotatable bonds is 3. The lowest BCUT2D eigenvalue weighted by molar-refractivity contribution is -0.114. The van der Waals surface area contributed by atoms with Crippen molar-refractivity contribution in [3.05, 3.63) is 36.0 Å². The van der Waals surface area contributed by atoms with E-state index in [0.29, 0.717) is 0 Å². The average Bonchev–Trinajstić information content (AvgIpc) is 2.38. The van der Waals surface area contributed by atoms with Gasteiger partial charge >= 0.3 is 0 Å². The van der Waals surface area contributed by atoms with Gasteiger partial charge in [0.15, 0.2) is 5.78 Å². The fourth-order valence-electron chi connectivity index (χ4n) is 3.88. The van der Waals surface area contributed by atoms with Gasteiger partial charge in [0.1, 0.15) is 0 Å². The zero-order valence-corrected chi connectivity index (χ0v) is 12.0. The van der Waals surface area contributed by atoms with Crippen LogP contribution in [0.4, 0.5) is 0 Å². The van der Waals surface area contributed by atoms with Crippen molar-refractivity contribution in [3.63, 3.8) is 0 Å². The highest BCUT2D eigenvalue weighted by molar-refractivity contribution is 6.06. The zero-order valence-electron chi connectivity index (χ0n) is 12.0. The Kier molecular flexibility index (Phi) is 4.10. The van der Waals surface area contributed by atoms with E-state index >= 15 is 0 Å². The highest BCUT2D eigenvalue weighted by atomic mass is 16.3. The van der Waals surface area contributed by atoms with Gasteiger partial charge in [-0.1, -0.05) is 31.6 Å². The maximum absolute atomic E-state index is 12.3. The van der Waals surface area contributed by atoms with Gasteiger partial charge in [-0.3, -0.25) is 4.79 Å². The lowest BCUT2D eigenvalue weighted by Gasteiger charge is -2.50. The van der Waals surface area contributed by atoms with Gasteiger partial charge in [0.25, 0.3) is 0 Å². The Bertz CT molecular complexity index is 444. The first-order chi connectivity index (χ1) is 9.07. The molecule has 1 saturated carbocycles. The minimum absolute atomic E-state index is 0.0771. The number of hydrogen-bond acceptors (Lipinski definition) is 2. The standard InChI is InChI=1S/C17H24O2/c1-4-7-14-12(3)17(10-5-2)13(11-15(14)18)8-6-9-16(17)19/h5,7,11-12,16,19H,2,4,6,8-10H2,1,3H3/t12-,16-,17-/m0/s1. The number of aliphatic hydroxyl groups is 1. The Labute approximate surface area is 115 Å². The normalized spacial score (nSPS) is 36.9. The molecule has 1 fully saturated rings. The van der Waals surface area contributed by atoms with Crippen molar-refractivity contribution < 1.29 is 9.90 Å². The lowest BCUT2D eigenvalue weighted by atomic mass is 9.55. The van der Waals surface area contributed by atoms with Gasteiger partial charge in [0, 0.05) is 5.41 Å². The second-order valence-electron chi connectivity index (χ2n) is 5.76. The molecule has 0 heterocycles. The SMILES string of the molecule is C=CC[C@@]12C(=CC(=O)C(=CCC)[C@@H]1C)CCC[C@@H]2O. The molecule has 0 aromatic carbocycles. The molecule has 2 rings (SSSR count). The summed E-state index contributed by atoms with van der Waals surface area (Å²) >= 11 is 0. The van der Waals surface area contributed by atoms with Gasteiger partial charge in [0.2, 0.25) is 0 Å². The van der Waals surface area contributed by atoms with Crippen molar-refractivity contribution in [2.24, 2.45) is 11.3 Å². The van der Waals surface area contributed by atoms with Crippen LogP contribution >= 0.6 is 0 Å². The van der Waals surface area contributed by atoms with Crippen LogP contribution in [0.1, 0.15) is 46.0 Å². The van der Waals surface area contributed by atoms with E-state index < -0.39 is 0 Å². The topological polar surface area (TPSA) is 37.3 Å². The Morgan fingerprint density at radius 1 is 1.58 bits per heavy atom. The van der Waals surface area contributed by atoms with Crippen molar-refractivity contribution in [1.82, 2.24) is 0 Å². The number of carbonyl (C=O) groups is 1. The van der Waals surface area contributed by atoms with Crippen LogP contribution in [0.2, 0.25) is 0 Å². The first-order valence-electron chi connectivity index (χ1n) is 7.32. The molecule has 0 bridgehead atoms. The van der Waals surface area contributed by atoms with E-state index in [-0.39, 0.29) is 23.2 Å². The predicted octanol–water partition coefficient (Wildman–Crippen LogP) is 3.58. The minimum Gasteiger partial charge on any atom is -0.392 e.